The van der Waals surface area contributed by atoms with Gasteiger partial charge in [-0.1, -0.05) is 61.7 Å². The molecule has 0 saturated heterocycles. The van der Waals surface area contributed by atoms with Crippen molar-refractivity contribution in [2.24, 2.45) is 0 Å². The highest BCUT2D eigenvalue weighted by Crippen LogP contribution is 2.23. The predicted molar refractivity (Wildman–Crippen MR) is 87.1 cm³/mol. The fourth-order valence-electron chi connectivity index (χ4n) is 1.71. The largest absolute Gasteiger partial charge is 0.355 e. The minimum atomic E-state index is 1.04. The summed E-state index contributed by atoms with van der Waals surface area (Å²) in [5, 5.41) is 3.42. The van der Waals surface area contributed by atoms with Gasteiger partial charge >= 0.3 is 0 Å². The van der Waals surface area contributed by atoms with Crippen LogP contribution >= 0.6 is 0 Å². The van der Waals surface area contributed by atoms with E-state index in [1.54, 1.807) is 12.2 Å². The molecule has 0 spiro atoms. The highest BCUT2D eigenvalue weighted by atomic mass is 14.9. The number of nitrogens with one attached hydrogen (secondary N) is 1. The minimum absolute atomic E-state index is 1.04. The lowest BCUT2D eigenvalue weighted by Gasteiger charge is -2.12. The first-order valence-corrected chi connectivity index (χ1v) is 6.34. The molecule has 0 aliphatic carbocycles. The molecule has 98 valence electrons. The molecule has 1 N–H and O–H groups in total. The molecule has 19 heavy (non-hydrogen) atoms. The normalized spacial score (nSPS) is 12.0. The third kappa shape index (κ3) is 4.47. The van der Waals surface area contributed by atoms with E-state index < -0.39 is 0 Å². The average molecular weight is 251 g/mol. The standard InChI is InChI=1S/C18H21N/c1-5-8-12-16(7-3)19-18-14-10-11-15(4)17(18)13-9-6-2/h5-14,19H,1-2H2,3-4H3/b12-8-,13-9-,16-7+. The molecule has 0 radical (unpaired) electrons. The second kappa shape index (κ2) is 7.93. The van der Waals surface area contributed by atoms with Crippen molar-refractivity contribution in [2.45, 2.75) is 13.8 Å². The smallest absolute Gasteiger partial charge is 0.0460 e. The Balaban J connectivity index is 3.09. The summed E-state index contributed by atoms with van der Waals surface area (Å²) in [6.45, 7) is 11.5. The molecule has 0 heterocycles. The molecular weight excluding hydrogens is 230 g/mol. The lowest BCUT2D eigenvalue weighted by Crippen LogP contribution is -1.99. The Kier molecular flexibility index (Phi) is 6.17. The van der Waals surface area contributed by atoms with Crippen molar-refractivity contribution in [3.05, 3.63) is 84.6 Å². The van der Waals surface area contributed by atoms with Crippen LogP contribution in [0.3, 0.4) is 0 Å². The quantitative estimate of drug-likeness (QED) is 0.681. The topological polar surface area (TPSA) is 12.0 Å². The summed E-state index contributed by atoms with van der Waals surface area (Å²) in [5.74, 6) is 0. The van der Waals surface area contributed by atoms with E-state index in [9.17, 15) is 0 Å². The van der Waals surface area contributed by atoms with Crippen molar-refractivity contribution in [2.75, 3.05) is 5.32 Å². The van der Waals surface area contributed by atoms with Crippen LogP contribution in [0.25, 0.3) is 6.08 Å². The van der Waals surface area contributed by atoms with E-state index in [0.29, 0.717) is 0 Å². The molecule has 1 aromatic carbocycles. The minimum Gasteiger partial charge on any atom is -0.355 e. The Morgan fingerprint density at radius 3 is 2.53 bits per heavy atom. The van der Waals surface area contributed by atoms with Gasteiger partial charge < -0.3 is 5.32 Å². The maximum Gasteiger partial charge on any atom is 0.0460 e. The molecule has 0 unspecified atom stereocenters. The molecule has 0 aromatic heterocycles. The van der Waals surface area contributed by atoms with Crippen molar-refractivity contribution in [3.63, 3.8) is 0 Å². The number of hydrogen-bond donors (Lipinski definition) is 1. The van der Waals surface area contributed by atoms with Gasteiger partial charge in [-0.3, -0.25) is 0 Å². The molecule has 0 aliphatic heterocycles. The first-order valence-electron chi connectivity index (χ1n) is 6.34. The molecule has 0 fully saturated rings. The van der Waals surface area contributed by atoms with Crippen LogP contribution in [0.4, 0.5) is 5.69 Å². The van der Waals surface area contributed by atoms with Gasteiger partial charge in [0.2, 0.25) is 0 Å². The Morgan fingerprint density at radius 2 is 1.89 bits per heavy atom. The molecule has 0 atom stereocenters. The molecule has 0 bridgehead atoms. The first-order chi connectivity index (χ1) is 9.22. The Hall–Kier alpha value is -2.28. The Morgan fingerprint density at radius 1 is 1.16 bits per heavy atom. The summed E-state index contributed by atoms with van der Waals surface area (Å²) in [6.07, 6.45) is 13.5. The SMILES string of the molecule is C=C/C=C\C(=C/C)Nc1cccc(C)c1/C=C\C=C. The first kappa shape index (κ1) is 14.8. The highest BCUT2D eigenvalue weighted by molar-refractivity contribution is 5.72. The van der Waals surface area contributed by atoms with Gasteiger partial charge in [0.05, 0.1) is 0 Å². The Labute approximate surface area is 116 Å². The van der Waals surface area contributed by atoms with E-state index in [0.717, 1.165) is 11.4 Å². The number of allylic oxidation sites excluding steroid dienone is 6. The van der Waals surface area contributed by atoms with Gasteiger partial charge in [0.25, 0.3) is 0 Å². The zero-order chi connectivity index (χ0) is 14.1. The van der Waals surface area contributed by atoms with Crippen LogP contribution < -0.4 is 5.32 Å². The van der Waals surface area contributed by atoms with E-state index >= 15 is 0 Å². The molecule has 1 rings (SSSR count). The van der Waals surface area contributed by atoms with Gasteiger partial charge in [-0.2, -0.15) is 0 Å². The van der Waals surface area contributed by atoms with E-state index in [1.165, 1.54) is 11.1 Å². The van der Waals surface area contributed by atoms with Crippen LogP contribution in [0, 0.1) is 6.92 Å². The molecular formula is C18H21N. The maximum atomic E-state index is 3.71. The number of anilines is 1. The van der Waals surface area contributed by atoms with E-state index in [-0.39, 0.29) is 0 Å². The lowest BCUT2D eigenvalue weighted by atomic mass is 10.1. The van der Waals surface area contributed by atoms with Gasteiger partial charge in [-0.05, 0) is 31.6 Å². The molecule has 1 heteroatoms. The van der Waals surface area contributed by atoms with E-state index in [1.807, 2.05) is 37.3 Å². The maximum absolute atomic E-state index is 3.71. The number of benzene rings is 1. The van der Waals surface area contributed by atoms with Crippen LogP contribution in [0.5, 0.6) is 0 Å². The van der Waals surface area contributed by atoms with E-state index in [4.69, 9.17) is 0 Å². The summed E-state index contributed by atoms with van der Waals surface area (Å²) in [6, 6.07) is 6.22. The highest BCUT2D eigenvalue weighted by Gasteiger charge is 2.02. The van der Waals surface area contributed by atoms with Crippen LogP contribution in [-0.2, 0) is 0 Å². The van der Waals surface area contributed by atoms with Crippen molar-refractivity contribution in [3.8, 4) is 0 Å². The predicted octanol–water partition coefficient (Wildman–Crippen LogP) is 5.25. The van der Waals surface area contributed by atoms with Gasteiger partial charge in [0, 0.05) is 16.9 Å². The van der Waals surface area contributed by atoms with Gasteiger partial charge in [-0.15, -0.1) is 0 Å². The van der Waals surface area contributed by atoms with Gasteiger partial charge in [0.1, 0.15) is 0 Å². The fraction of sp³-hybridized carbons (Fsp3) is 0.111. The number of rotatable bonds is 6. The van der Waals surface area contributed by atoms with Crippen LogP contribution in [0.15, 0.2) is 73.5 Å². The molecule has 0 amide bonds. The average Bonchev–Trinajstić information content (AvgIpc) is 2.42. The molecule has 1 aromatic rings. The van der Waals surface area contributed by atoms with Crippen molar-refractivity contribution < 1.29 is 0 Å². The lowest BCUT2D eigenvalue weighted by molar-refractivity contribution is 1.38. The van der Waals surface area contributed by atoms with Crippen LogP contribution in [0.2, 0.25) is 0 Å². The monoisotopic (exact) mass is 251 g/mol. The third-order valence-corrected chi connectivity index (χ3v) is 2.72. The second-order valence-corrected chi connectivity index (χ2v) is 4.09. The zero-order valence-electron chi connectivity index (χ0n) is 11.7. The number of aryl methyl sites for hydroxylation is 1. The van der Waals surface area contributed by atoms with E-state index in [2.05, 4.69) is 43.6 Å². The zero-order valence-corrected chi connectivity index (χ0v) is 11.7. The summed E-state index contributed by atoms with van der Waals surface area (Å²) in [5.41, 5.74) is 4.53. The summed E-state index contributed by atoms with van der Waals surface area (Å²) in [4.78, 5) is 0. The van der Waals surface area contributed by atoms with Gasteiger partial charge in [0.15, 0.2) is 0 Å². The van der Waals surface area contributed by atoms with Crippen LogP contribution in [0.1, 0.15) is 18.1 Å². The van der Waals surface area contributed by atoms with Gasteiger partial charge in [-0.25, -0.2) is 0 Å². The fourth-order valence-corrected chi connectivity index (χ4v) is 1.71. The summed E-state index contributed by atoms with van der Waals surface area (Å²) in [7, 11) is 0. The second-order valence-electron chi connectivity index (χ2n) is 4.09. The molecule has 0 saturated carbocycles. The van der Waals surface area contributed by atoms with Crippen molar-refractivity contribution >= 4 is 11.8 Å². The van der Waals surface area contributed by atoms with Crippen molar-refractivity contribution in [1.82, 2.24) is 0 Å². The Bertz CT molecular complexity index is 531. The van der Waals surface area contributed by atoms with Crippen LogP contribution in [-0.4, -0.2) is 0 Å². The van der Waals surface area contributed by atoms with Crippen molar-refractivity contribution in [1.29, 1.82) is 0 Å². The summed E-state index contributed by atoms with van der Waals surface area (Å²) < 4.78 is 0. The number of hydrogen-bond acceptors (Lipinski definition) is 1. The third-order valence-electron chi connectivity index (χ3n) is 2.72. The summed E-state index contributed by atoms with van der Waals surface area (Å²) >= 11 is 0. The molecule has 1 nitrogen and oxygen atoms in total. The molecule has 0 aliphatic rings.